The van der Waals surface area contributed by atoms with Crippen molar-refractivity contribution in [2.45, 2.75) is 116 Å². The van der Waals surface area contributed by atoms with Gasteiger partial charge in [0.25, 0.3) is 0 Å². The van der Waals surface area contributed by atoms with E-state index in [0.29, 0.717) is 49.5 Å². The van der Waals surface area contributed by atoms with Gasteiger partial charge in [0.1, 0.15) is 71.7 Å². The molecule has 616 valence electrons. The van der Waals surface area contributed by atoms with Gasteiger partial charge in [-0.05, 0) is 205 Å². The molecule has 10 aliphatic rings. The van der Waals surface area contributed by atoms with Crippen LogP contribution in [0.2, 0.25) is 0 Å². The van der Waals surface area contributed by atoms with Crippen LogP contribution in [-0.2, 0) is 0 Å². The van der Waals surface area contributed by atoms with E-state index in [2.05, 4.69) is 215 Å². The molecule has 0 amide bonds. The quantitative estimate of drug-likeness (QED) is 0.111. The normalized spacial score (nSPS) is 24.8. The monoisotopic (exact) mass is 1590 g/mol. The maximum Gasteiger partial charge on any atom is 0.165 e. The molecule has 10 aliphatic heterocycles. The summed E-state index contributed by atoms with van der Waals surface area (Å²) < 4.78 is 33.1. The Morgan fingerprint density at radius 1 is 0.373 bits per heavy atom. The third-order valence-corrected chi connectivity index (χ3v) is 26.0. The van der Waals surface area contributed by atoms with Gasteiger partial charge < -0.3 is 50.0 Å². The van der Waals surface area contributed by atoms with Crippen LogP contribution in [0.25, 0.3) is 67.1 Å². The number of nitrogens with zero attached hydrogens (tertiary/aromatic N) is 20. The van der Waals surface area contributed by atoms with Crippen molar-refractivity contribution >= 4 is 45.9 Å². The zero-order valence-corrected chi connectivity index (χ0v) is 69.4. The van der Waals surface area contributed by atoms with Gasteiger partial charge in [0.2, 0.25) is 0 Å². The highest BCUT2D eigenvalue weighted by Gasteiger charge is 2.37. The van der Waals surface area contributed by atoms with Gasteiger partial charge in [0, 0.05) is 196 Å². The summed E-state index contributed by atoms with van der Waals surface area (Å²) >= 11 is 0. The smallest absolute Gasteiger partial charge is 0.165 e. The second-order valence-corrected chi connectivity index (χ2v) is 34.2. The van der Waals surface area contributed by atoms with Crippen LogP contribution >= 0.6 is 0 Å². The molecule has 4 N–H and O–H groups in total. The van der Waals surface area contributed by atoms with Crippen LogP contribution in [0.1, 0.15) is 61.8 Å². The lowest BCUT2D eigenvalue weighted by Gasteiger charge is -2.43. The number of hydrogen-bond donors (Lipinski definition) is 4. The number of benzene rings is 4. The van der Waals surface area contributed by atoms with Gasteiger partial charge in [0.05, 0.1) is 36.9 Å². The molecule has 10 atom stereocenters. The minimum atomic E-state index is 0.176. The third-order valence-electron chi connectivity index (χ3n) is 26.0. The van der Waals surface area contributed by atoms with Gasteiger partial charge in [0.15, 0.2) is 22.6 Å². The van der Waals surface area contributed by atoms with Gasteiger partial charge in [-0.25, -0.2) is 38.0 Å². The molecule has 0 spiro atoms. The Balaban J connectivity index is 0.000000105. The molecule has 118 heavy (non-hydrogen) atoms. The number of fused-ring (bicyclic) bond motifs is 24. The molecule has 6 saturated heterocycles. The lowest BCUT2D eigenvalue weighted by molar-refractivity contribution is 0.0306. The zero-order chi connectivity index (χ0) is 80.1. The molecule has 8 aromatic heterocycles. The molecule has 2 unspecified atom stereocenters. The first-order chi connectivity index (χ1) is 57.6. The highest BCUT2D eigenvalue weighted by atomic mass is 16.5. The van der Waals surface area contributed by atoms with E-state index in [1.807, 2.05) is 85.8 Å². The Bertz CT molecular complexity index is 5570. The van der Waals surface area contributed by atoms with Crippen molar-refractivity contribution in [1.29, 1.82) is 0 Å². The summed E-state index contributed by atoms with van der Waals surface area (Å²) in [4.78, 5) is 39.7. The summed E-state index contributed by atoms with van der Waals surface area (Å²) in [5.74, 6) is 7.33. The fourth-order valence-electron chi connectivity index (χ4n) is 19.1. The van der Waals surface area contributed by atoms with Gasteiger partial charge >= 0.3 is 0 Å². The van der Waals surface area contributed by atoms with Crippen molar-refractivity contribution in [3.8, 4) is 67.5 Å². The summed E-state index contributed by atoms with van der Waals surface area (Å²) in [6.07, 6.45) is 21.1. The number of aromatic nitrogens is 12. The Labute approximate surface area is 690 Å². The number of nitrogens with one attached hydrogen (secondary N) is 4. The molecule has 0 saturated carbocycles. The van der Waals surface area contributed by atoms with E-state index < -0.39 is 0 Å². The predicted molar refractivity (Wildman–Crippen MR) is 464 cm³/mol. The summed E-state index contributed by atoms with van der Waals surface area (Å²) in [7, 11) is 4.34. The largest absolute Gasteiger partial charge is 0.492 e. The molecular weight excluding hydrogens is 1480 g/mol. The van der Waals surface area contributed by atoms with Gasteiger partial charge in [-0.2, -0.15) is 20.4 Å². The number of likely N-dealkylation sites (N-methyl/N-ethyl adjacent to an activating group) is 2. The number of hydrogen-bond acceptors (Lipinski definition) is 24. The fraction of sp³-hybridized carbons (Fsp3) is 0.467. The van der Waals surface area contributed by atoms with Crippen LogP contribution in [0.3, 0.4) is 0 Å². The van der Waals surface area contributed by atoms with Crippen LogP contribution in [0.15, 0.2) is 147 Å². The Hall–Kier alpha value is -10.6. The molecule has 0 aliphatic carbocycles. The molecule has 22 rings (SSSR count). The highest BCUT2D eigenvalue weighted by Crippen LogP contribution is 2.38. The van der Waals surface area contributed by atoms with Crippen molar-refractivity contribution < 1.29 is 18.9 Å². The summed E-state index contributed by atoms with van der Waals surface area (Å²) in [5.41, 5.74) is 16.9. The van der Waals surface area contributed by atoms with Crippen LogP contribution in [-0.4, -0.2) is 299 Å². The highest BCUT2D eigenvalue weighted by molar-refractivity contribution is 5.84. The molecule has 28 heteroatoms. The van der Waals surface area contributed by atoms with Crippen molar-refractivity contribution in [2.75, 3.05) is 179 Å². The first kappa shape index (κ1) is 77.4. The number of piperazine rings is 2. The summed E-state index contributed by atoms with van der Waals surface area (Å²) in [6.45, 7) is 34.4. The number of rotatable bonds is 0. The van der Waals surface area contributed by atoms with E-state index >= 15 is 0 Å². The minimum absolute atomic E-state index is 0.176. The van der Waals surface area contributed by atoms with E-state index in [4.69, 9.17) is 38.9 Å². The Kier molecular flexibility index (Phi) is 22.1. The van der Waals surface area contributed by atoms with E-state index in [0.717, 1.165) is 231 Å². The second-order valence-electron chi connectivity index (χ2n) is 34.2. The van der Waals surface area contributed by atoms with Gasteiger partial charge in [-0.1, -0.05) is 24.3 Å². The Morgan fingerprint density at radius 2 is 0.788 bits per heavy atom. The molecule has 18 heterocycles. The van der Waals surface area contributed by atoms with Crippen molar-refractivity contribution in [3.05, 3.63) is 169 Å². The van der Waals surface area contributed by atoms with E-state index in [-0.39, 0.29) is 12.2 Å². The van der Waals surface area contributed by atoms with Crippen LogP contribution in [0.4, 0.5) is 23.3 Å². The van der Waals surface area contributed by atoms with E-state index in [1.54, 1.807) is 0 Å². The average molecular weight is 1590 g/mol. The molecule has 4 aromatic carbocycles. The maximum absolute atomic E-state index is 6.62. The number of aryl methyl sites for hydroxylation is 4. The lowest BCUT2D eigenvalue weighted by atomic mass is 10.0. The summed E-state index contributed by atoms with van der Waals surface area (Å²) in [6, 6.07) is 36.6. The predicted octanol–water partition coefficient (Wildman–Crippen LogP) is 10.0. The summed E-state index contributed by atoms with van der Waals surface area (Å²) in [5, 5.41) is 32.1. The van der Waals surface area contributed by atoms with Crippen molar-refractivity contribution in [2.24, 2.45) is 0 Å². The first-order valence-electron chi connectivity index (χ1n) is 42.8. The molecule has 12 aromatic rings. The minimum Gasteiger partial charge on any atom is -0.492 e. The van der Waals surface area contributed by atoms with E-state index in [9.17, 15) is 0 Å². The SMILES string of the molecule is Cc1ccc2cc1-c1cnn3ccc(nc13)N(C)CCN1C[C@@H](CN3CCC[C@H]3C1)O2.Cc1ccc2cc1-c1cnn3ccc(nc13)NCCN1C[C@@H](C)N(C)C[C@H]1CO2.Cc1ccc2cc1-c1cnn3ccc(nc13)NCCN1C[C@@H](C)NC[C@H]1CO2.Cc1ccc2cc1-c1cnn3ccc(nc13)NCCN1C[C@@H](CN3CCC[C@H]3C1)O2. The fourth-order valence-corrected chi connectivity index (χ4v) is 19.1. The van der Waals surface area contributed by atoms with Crippen LogP contribution < -0.4 is 45.1 Å². The molecule has 28 nitrogen and oxygen atoms in total. The molecule has 6 fully saturated rings. The van der Waals surface area contributed by atoms with Crippen molar-refractivity contribution in [1.82, 2.24) is 98.0 Å². The zero-order valence-electron chi connectivity index (χ0n) is 69.4. The van der Waals surface area contributed by atoms with Gasteiger partial charge in [-0.15, -0.1) is 0 Å². The van der Waals surface area contributed by atoms with Gasteiger partial charge in [-0.3, -0.25) is 29.4 Å². The molecular formula is C90H112N24O4. The second kappa shape index (κ2) is 33.7. The molecule has 0 radical (unpaired) electrons. The number of anilines is 4. The topological polar surface area (TPSA) is 232 Å². The lowest BCUT2D eigenvalue weighted by Crippen LogP contribution is -2.58. The number of ether oxygens (including phenoxy) is 4. The first-order valence-corrected chi connectivity index (χ1v) is 42.8. The third kappa shape index (κ3) is 16.6. The van der Waals surface area contributed by atoms with Crippen LogP contribution in [0, 0.1) is 27.7 Å². The van der Waals surface area contributed by atoms with Crippen LogP contribution in [0.5, 0.6) is 23.0 Å². The average Bonchev–Trinajstić information content (AvgIpc) is 1.66. The molecule has 20 bridgehead atoms. The maximum atomic E-state index is 6.62. The Morgan fingerprint density at radius 3 is 1.28 bits per heavy atom. The van der Waals surface area contributed by atoms with E-state index in [1.165, 1.54) is 61.0 Å². The van der Waals surface area contributed by atoms with Crippen molar-refractivity contribution in [3.63, 3.8) is 0 Å². The standard InChI is InChI=1S/C24H30N6O.C23H28N6O.C22H28N6O.C21H26N6O/c1-17-5-6-19-12-21(17)22-13-25-30-9-7-23(26-24(22)30)27(2)10-11-28-14-18-4-3-8-29(18)16-20(15-28)31-19;1-16-4-5-18-11-20(16)21-12-25-29-9-6-22(26-23(21)29)24-7-10-27-13-17-3-2-8-28(17)15-19(14-27)30-18;1-15-4-5-18-10-19(15)20-11-24-28-8-6-21(25-22(20)28)23-7-9-27-12-16(2)26(3)13-17(27)14-29-18;1-14-3-4-17-9-18(14)19-11-24-27-7-5-20(25-21(19)27)22-6-8-26-12-15(2)23-10-16(26)13-28-17/h5-7,9,12-13,18,20H,3-4,8,10-11,14-16H2,1-2H3;4-6,9,11-12,17,19H,2-3,7-8,10,13-15H2,1H3,(H,24,26);4-6,8,10-11,16-17H,7,9,12-14H2,1-3H3,(H,23,25);3-5,7,9,11,15-16,23H,6,8,10,12-13H2,1-2H3,(H,22,25)/t18-,20-;17-,19-;16-,17+;15-,16+/m0011/s1.